The molecule has 0 aliphatic carbocycles. The Morgan fingerprint density at radius 2 is 1.90 bits per heavy atom. The lowest BCUT2D eigenvalue weighted by molar-refractivity contribution is -0.135. The van der Waals surface area contributed by atoms with Crippen molar-refractivity contribution < 1.29 is 24.9 Å². The van der Waals surface area contributed by atoms with E-state index in [1.54, 1.807) is 10.8 Å². The normalized spacial score (nSPS) is 13.4. The van der Waals surface area contributed by atoms with Crippen molar-refractivity contribution in [2.75, 3.05) is 18.4 Å². The number of carbonyl (C=O) groups is 1. The highest BCUT2D eigenvalue weighted by Crippen LogP contribution is 2.35. The van der Waals surface area contributed by atoms with Crippen LogP contribution in [-0.2, 0) is 11.8 Å². The van der Waals surface area contributed by atoms with Crippen LogP contribution >= 0.6 is 0 Å². The summed E-state index contributed by atoms with van der Waals surface area (Å²) < 4.78 is 9.80. The van der Waals surface area contributed by atoms with Gasteiger partial charge in [-0.25, -0.2) is 14.5 Å². The number of ether oxygens (including phenoxy) is 1. The van der Waals surface area contributed by atoms with Crippen LogP contribution in [0.4, 0.5) is 11.5 Å². The molecule has 39 heavy (non-hydrogen) atoms. The predicted octanol–water partition coefficient (Wildman–Crippen LogP) is 4.23. The van der Waals surface area contributed by atoms with Crippen LogP contribution in [0, 0.1) is 6.92 Å². The monoisotopic (exact) mass is 527 g/mol. The zero-order valence-electron chi connectivity index (χ0n) is 21.1. The summed E-state index contributed by atoms with van der Waals surface area (Å²) in [4.78, 5) is 22.3. The molecule has 12 heteroatoms. The fraction of sp³-hybridized carbons (Fsp3) is 0.185. The molecule has 2 aromatic carbocycles. The van der Waals surface area contributed by atoms with Crippen LogP contribution < -0.4 is 10.1 Å². The average Bonchev–Trinajstić information content (AvgIpc) is 3.48. The second-order valence-electron chi connectivity index (χ2n) is 9.47. The fourth-order valence-electron chi connectivity index (χ4n) is 4.77. The first kappa shape index (κ1) is 24.1. The highest BCUT2D eigenvalue weighted by Gasteiger charge is 2.36. The first-order chi connectivity index (χ1) is 18.8. The minimum atomic E-state index is -1.39. The Bertz CT molecular complexity index is 1760. The van der Waals surface area contributed by atoms with Crippen LogP contribution in [-0.4, -0.2) is 63.4 Å². The van der Waals surface area contributed by atoms with Gasteiger partial charge in [0.25, 0.3) is 11.7 Å². The predicted molar refractivity (Wildman–Crippen MR) is 142 cm³/mol. The standard InChI is InChI=1S/C27H25N7O5/c1-15-9-17(3-6-22(15)39-18-4-5-21-20(10-18)29-14-32(21)2)31-25-23-19(7-8-34(23)30-13-28-25)16-11-33(12-16)26(36)24(35)27(37)38/h3-10,13-14,16,35,37-38H,11-12H2,1-2H3,(H,28,30,31). The molecule has 4 heterocycles. The van der Waals surface area contributed by atoms with Gasteiger partial charge >= 0.3 is 5.95 Å². The lowest BCUT2D eigenvalue weighted by Crippen LogP contribution is -2.49. The molecule has 1 amide bonds. The number of rotatable bonds is 6. The van der Waals surface area contributed by atoms with E-state index in [9.17, 15) is 9.90 Å². The third-order valence-corrected chi connectivity index (χ3v) is 6.87. The summed E-state index contributed by atoms with van der Waals surface area (Å²) in [5.41, 5.74) is 5.32. The Labute approximate surface area is 222 Å². The summed E-state index contributed by atoms with van der Waals surface area (Å²) in [6.07, 6.45) is 5.05. The second-order valence-corrected chi connectivity index (χ2v) is 9.47. The third-order valence-electron chi connectivity index (χ3n) is 6.87. The van der Waals surface area contributed by atoms with E-state index in [1.807, 2.05) is 67.2 Å². The summed E-state index contributed by atoms with van der Waals surface area (Å²) in [6, 6.07) is 13.5. The van der Waals surface area contributed by atoms with Crippen LogP contribution in [0.5, 0.6) is 11.5 Å². The molecular formula is C27H25N7O5. The molecule has 5 aromatic rings. The number of aliphatic hydroxyl groups excluding tert-OH is 2. The van der Waals surface area contributed by atoms with Crippen molar-refractivity contribution >= 4 is 34.0 Å². The molecular weight excluding hydrogens is 502 g/mol. The summed E-state index contributed by atoms with van der Waals surface area (Å²) in [6.45, 7) is 2.57. The molecule has 6 rings (SSSR count). The largest absolute Gasteiger partial charge is 0.498 e. The van der Waals surface area contributed by atoms with E-state index in [1.165, 1.54) is 11.2 Å². The van der Waals surface area contributed by atoms with Gasteiger partial charge in [-0.3, -0.25) is 4.79 Å². The second kappa shape index (κ2) is 9.24. The zero-order valence-corrected chi connectivity index (χ0v) is 21.1. The number of aliphatic hydroxyl groups is 3. The molecule has 0 saturated carbocycles. The Morgan fingerprint density at radius 1 is 1.08 bits per heavy atom. The van der Waals surface area contributed by atoms with Gasteiger partial charge in [0.15, 0.2) is 5.82 Å². The number of hydrogen-bond donors (Lipinski definition) is 4. The molecule has 0 atom stereocenters. The van der Waals surface area contributed by atoms with Crippen molar-refractivity contribution in [3.8, 4) is 11.5 Å². The number of anilines is 2. The van der Waals surface area contributed by atoms with E-state index in [2.05, 4.69) is 20.4 Å². The number of aromatic nitrogens is 5. The Hall–Kier alpha value is -5.26. The Kier molecular flexibility index (Phi) is 5.71. The molecule has 0 radical (unpaired) electrons. The smallest absolute Gasteiger partial charge is 0.324 e. The van der Waals surface area contributed by atoms with Crippen molar-refractivity contribution in [2.45, 2.75) is 12.8 Å². The van der Waals surface area contributed by atoms with Gasteiger partial charge in [-0.2, -0.15) is 5.10 Å². The Morgan fingerprint density at radius 3 is 2.67 bits per heavy atom. The SMILES string of the molecule is Cc1cc(Nc2ncnn3ccc(C4CN(C(=O)C(O)=C(O)O)C4)c23)ccc1Oc1ccc2c(c1)ncn2C. The van der Waals surface area contributed by atoms with Crippen LogP contribution in [0.2, 0.25) is 0 Å². The molecule has 12 nitrogen and oxygen atoms in total. The van der Waals surface area contributed by atoms with Crippen LogP contribution in [0.15, 0.2) is 73.0 Å². The number of imidazole rings is 1. The molecule has 0 unspecified atom stereocenters. The highest BCUT2D eigenvalue weighted by molar-refractivity contribution is 5.92. The highest BCUT2D eigenvalue weighted by atomic mass is 16.5. The lowest BCUT2D eigenvalue weighted by atomic mass is 9.92. The van der Waals surface area contributed by atoms with Gasteiger partial charge in [0, 0.05) is 44.0 Å². The lowest BCUT2D eigenvalue weighted by Gasteiger charge is -2.38. The number of carbonyl (C=O) groups excluding carboxylic acids is 1. The van der Waals surface area contributed by atoms with Crippen LogP contribution in [0.25, 0.3) is 16.6 Å². The van der Waals surface area contributed by atoms with Gasteiger partial charge in [0.2, 0.25) is 0 Å². The average molecular weight is 528 g/mol. The molecule has 1 aliphatic rings. The van der Waals surface area contributed by atoms with E-state index in [0.29, 0.717) is 24.7 Å². The first-order valence-electron chi connectivity index (χ1n) is 12.2. The van der Waals surface area contributed by atoms with Crippen molar-refractivity contribution in [1.29, 1.82) is 0 Å². The fourth-order valence-corrected chi connectivity index (χ4v) is 4.77. The number of benzene rings is 2. The van der Waals surface area contributed by atoms with Gasteiger partial charge in [0.1, 0.15) is 23.3 Å². The maximum Gasteiger partial charge on any atom is 0.324 e. The molecule has 1 fully saturated rings. The van der Waals surface area contributed by atoms with Gasteiger partial charge in [-0.05, 0) is 54.4 Å². The summed E-state index contributed by atoms with van der Waals surface area (Å²) >= 11 is 0. The van der Waals surface area contributed by atoms with Crippen LogP contribution in [0.3, 0.4) is 0 Å². The number of amides is 1. The molecule has 198 valence electrons. The molecule has 0 bridgehead atoms. The summed E-state index contributed by atoms with van der Waals surface area (Å²) in [5, 5.41) is 35.2. The molecule has 3 aromatic heterocycles. The van der Waals surface area contributed by atoms with E-state index in [0.717, 1.165) is 39.1 Å². The minimum absolute atomic E-state index is 0.0342. The van der Waals surface area contributed by atoms with Crippen molar-refractivity contribution in [3.63, 3.8) is 0 Å². The summed E-state index contributed by atoms with van der Waals surface area (Å²) in [7, 11) is 1.95. The number of aryl methyl sites for hydroxylation is 2. The van der Waals surface area contributed by atoms with E-state index < -0.39 is 17.6 Å². The number of nitrogens with one attached hydrogen (secondary N) is 1. The zero-order chi connectivity index (χ0) is 27.3. The number of nitrogens with zero attached hydrogens (tertiary/aromatic N) is 6. The quantitative estimate of drug-likeness (QED) is 0.188. The molecule has 0 spiro atoms. The van der Waals surface area contributed by atoms with E-state index in [4.69, 9.17) is 14.9 Å². The molecule has 4 N–H and O–H groups in total. The number of likely N-dealkylation sites (tertiary alicyclic amines) is 1. The van der Waals surface area contributed by atoms with Crippen molar-refractivity contribution in [3.05, 3.63) is 84.1 Å². The maximum atomic E-state index is 12.1. The van der Waals surface area contributed by atoms with Crippen molar-refractivity contribution in [1.82, 2.24) is 29.0 Å². The third kappa shape index (κ3) is 4.31. The molecule has 1 aliphatic heterocycles. The topological polar surface area (TPSA) is 150 Å². The number of fused-ring (bicyclic) bond motifs is 2. The van der Waals surface area contributed by atoms with Crippen molar-refractivity contribution in [2.24, 2.45) is 7.05 Å². The van der Waals surface area contributed by atoms with Crippen LogP contribution in [0.1, 0.15) is 17.0 Å². The van der Waals surface area contributed by atoms with Gasteiger partial charge in [0.05, 0.1) is 17.4 Å². The minimum Gasteiger partial charge on any atom is -0.498 e. The van der Waals surface area contributed by atoms with Gasteiger partial charge in [-0.1, -0.05) is 0 Å². The first-order valence-corrected chi connectivity index (χ1v) is 12.2. The van der Waals surface area contributed by atoms with E-state index >= 15 is 0 Å². The number of hydrogen-bond acceptors (Lipinski definition) is 9. The molecule has 1 saturated heterocycles. The Balaban J connectivity index is 1.21. The maximum absolute atomic E-state index is 12.1. The summed E-state index contributed by atoms with van der Waals surface area (Å²) in [5.74, 6) is -1.31. The van der Waals surface area contributed by atoms with Gasteiger partial charge < -0.3 is 34.8 Å². The van der Waals surface area contributed by atoms with Gasteiger partial charge in [-0.15, -0.1) is 0 Å². The van der Waals surface area contributed by atoms with E-state index in [-0.39, 0.29) is 5.92 Å².